The van der Waals surface area contributed by atoms with E-state index in [1.54, 1.807) is 11.3 Å². The lowest BCUT2D eigenvalue weighted by atomic mass is 10.1. The van der Waals surface area contributed by atoms with Gasteiger partial charge in [0.15, 0.2) is 0 Å². The molecule has 150 valence electrons. The highest BCUT2D eigenvalue weighted by Crippen LogP contribution is 2.40. The van der Waals surface area contributed by atoms with Crippen LogP contribution in [0.5, 0.6) is 0 Å². The van der Waals surface area contributed by atoms with Gasteiger partial charge in [0.25, 0.3) is 5.91 Å². The average molecular weight is 407 g/mol. The number of aryl methyl sites for hydroxylation is 3. The van der Waals surface area contributed by atoms with Crippen molar-refractivity contribution in [3.8, 4) is 0 Å². The molecule has 0 atom stereocenters. The molecule has 6 heteroatoms. The number of hydrogen-bond acceptors (Lipinski definition) is 5. The summed E-state index contributed by atoms with van der Waals surface area (Å²) < 4.78 is 0. The first-order valence-electron chi connectivity index (χ1n) is 10.4. The molecule has 1 saturated heterocycles. The van der Waals surface area contributed by atoms with E-state index in [-0.39, 0.29) is 5.91 Å². The van der Waals surface area contributed by atoms with Crippen molar-refractivity contribution in [1.29, 1.82) is 0 Å². The summed E-state index contributed by atoms with van der Waals surface area (Å²) in [4.78, 5) is 29.0. The number of rotatable bonds is 3. The van der Waals surface area contributed by atoms with Crippen LogP contribution in [-0.4, -0.2) is 47.0 Å². The molecule has 1 aliphatic carbocycles. The molecule has 0 radical (unpaired) electrons. The van der Waals surface area contributed by atoms with Crippen molar-refractivity contribution in [3.05, 3.63) is 51.8 Å². The molecule has 3 aromatic rings. The molecular formula is C23H26N4OS. The van der Waals surface area contributed by atoms with E-state index >= 15 is 0 Å². The fourth-order valence-corrected chi connectivity index (χ4v) is 5.43. The Morgan fingerprint density at radius 1 is 1.07 bits per heavy atom. The van der Waals surface area contributed by atoms with Crippen LogP contribution in [0.1, 0.15) is 51.1 Å². The van der Waals surface area contributed by atoms with Crippen LogP contribution in [0.3, 0.4) is 0 Å². The molecule has 2 aliphatic rings. The first kappa shape index (κ1) is 18.6. The maximum atomic E-state index is 13.3. The van der Waals surface area contributed by atoms with Crippen LogP contribution in [0.2, 0.25) is 0 Å². The molecule has 29 heavy (non-hydrogen) atoms. The van der Waals surface area contributed by atoms with Crippen LogP contribution >= 0.6 is 11.3 Å². The van der Waals surface area contributed by atoms with Crippen molar-refractivity contribution in [2.24, 2.45) is 0 Å². The van der Waals surface area contributed by atoms with Crippen LogP contribution in [0.25, 0.3) is 10.2 Å². The lowest BCUT2D eigenvalue weighted by Crippen LogP contribution is -2.48. The zero-order valence-electron chi connectivity index (χ0n) is 17.2. The molecule has 0 unspecified atom stereocenters. The van der Waals surface area contributed by atoms with Gasteiger partial charge < -0.3 is 9.80 Å². The summed E-state index contributed by atoms with van der Waals surface area (Å²) in [7, 11) is 0. The summed E-state index contributed by atoms with van der Waals surface area (Å²) in [6, 6.07) is 8.58. The third-order valence-electron chi connectivity index (χ3n) is 6.06. The average Bonchev–Trinajstić information content (AvgIpc) is 3.51. The van der Waals surface area contributed by atoms with Gasteiger partial charge in [-0.05, 0) is 56.9 Å². The van der Waals surface area contributed by atoms with Gasteiger partial charge in [-0.1, -0.05) is 12.1 Å². The fourth-order valence-electron chi connectivity index (χ4n) is 4.22. The Balaban J connectivity index is 1.36. The van der Waals surface area contributed by atoms with Gasteiger partial charge in [-0.2, -0.15) is 0 Å². The third kappa shape index (κ3) is 3.39. The number of hydrogen-bond donors (Lipinski definition) is 0. The second kappa shape index (κ2) is 7.10. The molecule has 0 spiro atoms. The minimum absolute atomic E-state index is 0.141. The maximum absolute atomic E-state index is 13.3. The maximum Gasteiger partial charge on any atom is 0.264 e. The number of amides is 1. The Morgan fingerprint density at radius 2 is 1.83 bits per heavy atom. The Morgan fingerprint density at radius 3 is 2.52 bits per heavy atom. The number of aromatic nitrogens is 2. The van der Waals surface area contributed by atoms with E-state index in [0.29, 0.717) is 5.92 Å². The van der Waals surface area contributed by atoms with Crippen molar-refractivity contribution in [2.45, 2.75) is 39.5 Å². The number of fused-ring (bicyclic) bond motifs is 1. The van der Waals surface area contributed by atoms with Gasteiger partial charge >= 0.3 is 0 Å². The van der Waals surface area contributed by atoms with Crippen LogP contribution in [0, 0.1) is 20.8 Å². The van der Waals surface area contributed by atoms with Crippen molar-refractivity contribution in [3.63, 3.8) is 0 Å². The highest BCUT2D eigenvalue weighted by Gasteiger charge is 2.30. The predicted molar refractivity (Wildman–Crippen MR) is 118 cm³/mol. The summed E-state index contributed by atoms with van der Waals surface area (Å²) in [5.41, 5.74) is 4.56. The van der Waals surface area contributed by atoms with E-state index in [4.69, 9.17) is 9.97 Å². The number of piperazine rings is 1. The molecular weight excluding hydrogens is 380 g/mol. The monoisotopic (exact) mass is 406 g/mol. The van der Waals surface area contributed by atoms with E-state index in [1.165, 1.54) is 24.1 Å². The Labute approximate surface area is 175 Å². The zero-order chi connectivity index (χ0) is 20.1. The van der Waals surface area contributed by atoms with Gasteiger partial charge in [0.05, 0.1) is 10.6 Å². The van der Waals surface area contributed by atoms with Crippen LogP contribution in [-0.2, 0) is 0 Å². The molecule has 3 heterocycles. The number of benzene rings is 1. The minimum atomic E-state index is 0.141. The summed E-state index contributed by atoms with van der Waals surface area (Å²) in [5, 5.41) is 1.07. The molecule has 1 aromatic carbocycles. The van der Waals surface area contributed by atoms with Gasteiger partial charge in [0.2, 0.25) is 0 Å². The fraction of sp³-hybridized carbons (Fsp3) is 0.435. The highest BCUT2D eigenvalue weighted by atomic mass is 32.1. The molecule has 0 bridgehead atoms. The standard InChI is InChI=1S/C23H26N4OS/c1-14-5-4-6-18(13-14)26-9-11-27(12-10-26)23(28)20-15(2)19-16(3)24-21(17-7-8-17)25-22(19)29-20/h4-6,13,17H,7-12H2,1-3H3. The van der Waals surface area contributed by atoms with Crippen molar-refractivity contribution in [1.82, 2.24) is 14.9 Å². The summed E-state index contributed by atoms with van der Waals surface area (Å²) in [6.45, 7) is 9.43. The summed E-state index contributed by atoms with van der Waals surface area (Å²) in [5.74, 6) is 1.62. The topological polar surface area (TPSA) is 49.3 Å². The molecule has 2 aromatic heterocycles. The third-order valence-corrected chi connectivity index (χ3v) is 7.23. The lowest BCUT2D eigenvalue weighted by Gasteiger charge is -2.36. The van der Waals surface area contributed by atoms with E-state index in [2.05, 4.69) is 36.1 Å². The predicted octanol–water partition coefficient (Wildman–Crippen LogP) is 4.46. The van der Waals surface area contributed by atoms with Crippen LogP contribution in [0.15, 0.2) is 24.3 Å². The second-order valence-electron chi connectivity index (χ2n) is 8.30. The number of carbonyl (C=O) groups is 1. The Hall–Kier alpha value is -2.47. The second-order valence-corrected chi connectivity index (χ2v) is 9.30. The summed E-state index contributed by atoms with van der Waals surface area (Å²) >= 11 is 1.54. The molecule has 5 rings (SSSR count). The first-order chi connectivity index (χ1) is 14.0. The van der Waals surface area contributed by atoms with Crippen LogP contribution < -0.4 is 4.90 Å². The lowest BCUT2D eigenvalue weighted by molar-refractivity contribution is 0.0751. The highest BCUT2D eigenvalue weighted by molar-refractivity contribution is 7.20. The van der Waals surface area contributed by atoms with Gasteiger partial charge in [-0.15, -0.1) is 11.3 Å². The van der Waals surface area contributed by atoms with Crippen molar-refractivity contribution in [2.75, 3.05) is 31.1 Å². The Kier molecular flexibility index (Phi) is 4.54. The molecule has 0 N–H and O–H groups in total. The molecule has 5 nitrogen and oxygen atoms in total. The normalized spacial score (nSPS) is 17.2. The minimum Gasteiger partial charge on any atom is -0.368 e. The quantitative estimate of drug-likeness (QED) is 0.644. The van der Waals surface area contributed by atoms with E-state index in [9.17, 15) is 4.79 Å². The number of carbonyl (C=O) groups excluding carboxylic acids is 1. The molecule has 1 aliphatic heterocycles. The first-order valence-corrected chi connectivity index (χ1v) is 11.2. The van der Waals surface area contributed by atoms with Crippen LogP contribution in [0.4, 0.5) is 5.69 Å². The van der Waals surface area contributed by atoms with Gasteiger partial charge in [-0.3, -0.25) is 4.79 Å². The largest absolute Gasteiger partial charge is 0.368 e. The number of thiophene rings is 1. The summed E-state index contributed by atoms with van der Waals surface area (Å²) in [6.07, 6.45) is 2.37. The number of nitrogens with zero attached hydrogens (tertiary/aromatic N) is 4. The van der Waals surface area contributed by atoms with Gasteiger partial charge in [0, 0.05) is 43.2 Å². The zero-order valence-corrected chi connectivity index (χ0v) is 18.1. The Bertz CT molecular complexity index is 1090. The molecule has 2 fully saturated rings. The molecule has 1 saturated carbocycles. The number of anilines is 1. The smallest absolute Gasteiger partial charge is 0.264 e. The van der Waals surface area contributed by atoms with E-state index < -0.39 is 0 Å². The van der Waals surface area contributed by atoms with Crippen molar-refractivity contribution >= 4 is 33.1 Å². The molecule has 1 amide bonds. The van der Waals surface area contributed by atoms with E-state index in [0.717, 1.165) is 58.4 Å². The van der Waals surface area contributed by atoms with Gasteiger partial charge in [-0.25, -0.2) is 9.97 Å². The van der Waals surface area contributed by atoms with Crippen molar-refractivity contribution < 1.29 is 4.79 Å². The SMILES string of the molecule is Cc1cccc(N2CCN(C(=O)c3sc4nc(C5CC5)nc(C)c4c3C)CC2)c1. The van der Waals surface area contributed by atoms with Gasteiger partial charge in [0.1, 0.15) is 10.7 Å². The van der Waals surface area contributed by atoms with E-state index in [1.807, 2.05) is 18.7 Å².